The molecule has 0 radical (unpaired) electrons. The maximum absolute atomic E-state index is 10.8. The summed E-state index contributed by atoms with van der Waals surface area (Å²) >= 11 is 0. The Kier molecular flexibility index (Phi) is 2.49. The molecule has 2 heteroatoms. The van der Waals surface area contributed by atoms with Crippen molar-refractivity contribution in [3.05, 3.63) is 35.9 Å². The van der Waals surface area contributed by atoms with Crippen LogP contribution in [-0.4, -0.2) is 17.7 Å². The summed E-state index contributed by atoms with van der Waals surface area (Å²) in [6.45, 7) is 0.715. The molecule has 0 heterocycles. The zero-order chi connectivity index (χ0) is 11.0. The quantitative estimate of drug-likeness (QED) is 0.791. The molecule has 1 unspecified atom stereocenters. The van der Waals surface area contributed by atoms with Crippen LogP contribution in [0.3, 0.4) is 0 Å². The zero-order valence-corrected chi connectivity index (χ0v) is 9.52. The first-order valence-corrected chi connectivity index (χ1v) is 6.30. The van der Waals surface area contributed by atoms with Crippen LogP contribution in [0.4, 0.5) is 0 Å². The molecule has 0 aromatic heterocycles. The summed E-state index contributed by atoms with van der Waals surface area (Å²) in [6.07, 6.45) is 4.88. The molecule has 2 nitrogen and oxygen atoms in total. The van der Waals surface area contributed by atoms with Gasteiger partial charge in [-0.2, -0.15) is 0 Å². The molecule has 2 N–H and O–H groups in total. The number of aliphatic hydroxyl groups is 1. The highest BCUT2D eigenvalue weighted by atomic mass is 16.3. The lowest BCUT2D eigenvalue weighted by molar-refractivity contribution is 0.0131. The van der Waals surface area contributed by atoms with Gasteiger partial charge in [-0.3, -0.25) is 0 Å². The van der Waals surface area contributed by atoms with E-state index >= 15 is 0 Å². The summed E-state index contributed by atoms with van der Waals surface area (Å²) in [7, 11) is 0. The molecule has 2 aliphatic rings. The lowest BCUT2D eigenvalue weighted by atomic mass is 9.88. The normalized spacial score (nSPS) is 24.1. The number of benzene rings is 1. The molecule has 2 saturated carbocycles. The first-order valence-electron chi connectivity index (χ1n) is 6.30. The molecule has 0 amide bonds. The minimum Gasteiger partial charge on any atom is -0.384 e. The molecule has 0 bridgehead atoms. The molecule has 0 aliphatic heterocycles. The SMILES string of the molecule is OC(CNC1CC1)(c1ccccc1)C1CC1. The summed E-state index contributed by atoms with van der Waals surface area (Å²) in [5.74, 6) is 0.459. The van der Waals surface area contributed by atoms with Gasteiger partial charge in [-0.25, -0.2) is 0 Å². The molecule has 1 aromatic carbocycles. The average Bonchev–Trinajstić information content (AvgIpc) is 3.20. The van der Waals surface area contributed by atoms with E-state index in [9.17, 15) is 5.11 Å². The summed E-state index contributed by atoms with van der Waals surface area (Å²) < 4.78 is 0. The fourth-order valence-corrected chi connectivity index (χ4v) is 2.36. The van der Waals surface area contributed by atoms with Gasteiger partial charge in [-0.15, -0.1) is 0 Å². The smallest absolute Gasteiger partial charge is 0.105 e. The van der Waals surface area contributed by atoms with Crippen molar-refractivity contribution in [1.82, 2.24) is 5.32 Å². The van der Waals surface area contributed by atoms with Crippen LogP contribution >= 0.6 is 0 Å². The minimum atomic E-state index is -0.635. The fourth-order valence-electron chi connectivity index (χ4n) is 2.36. The van der Waals surface area contributed by atoms with Crippen LogP contribution in [0.2, 0.25) is 0 Å². The minimum absolute atomic E-state index is 0.459. The van der Waals surface area contributed by atoms with Crippen molar-refractivity contribution in [2.45, 2.75) is 37.3 Å². The molecule has 0 saturated heterocycles. The second kappa shape index (κ2) is 3.86. The number of nitrogens with one attached hydrogen (secondary N) is 1. The van der Waals surface area contributed by atoms with Crippen molar-refractivity contribution >= 4 is 0 Å². The summed E-state index contributed by atoms with van der Waals surface area (Å²) in [5, 5.41) is 14.3. The third-order valence-corrected chi connectivity index (χ3v) is 3.76. The largest absolute Gasteiger partial charge is 0.384 e. The summed E-state index contributed by atoms with van der Waals surface area (Å²) in [6, 6.07) is 10.8. The Bertz CT molecular complexity index is 356. The highest BCUT2D eigenvalue weighted by Crippen LogP contribution is 2.45. The molecular weight excluding hydrogens is 198 g/mol. The maximum atomic E-state index is 10.8. The Morgan fingerprint density at radius 1 is 1.12 bits per heavy atom. The van der Waals surface area contributed by atoms with Crippen LogP contribution in [0.15, 0.2) is 30.3 Å². The van der Waals surface area contributed by atoms with Crippen LogP contribution in [0.5, 0.6) is 0 Å². The van der Waals surface area contributed by atoms with Gasteiger partial charge < -0.3 is 10.4 Å². The van der Waals surface area contributed by atoms with Gasteiger partial charge in [0.2, 0.25) is 0 Å². The van der Waals surface area contributed by atoms with Crippen molar-refractivity contribution in [2.24, 2.45) is 5.92 Å². The highest BCUT2D eigenvalue weighted by Gasteiger charge is 2.45. The first kappa shape index (κ1) is 10.3. The molecule has 3 rings (SSSR count). The number of hydrogen-bond acceptors (Lipinski definition) is 2. The lowest BCUT2D eigenvalue weighted by Crippen LogP contribution is -2.40. The number of hydrogen-bond donors (Lipinski definition) is 2. The predicted octanol–water partition coefficient (Wildman–Crippen LogP) is 2.04. The van der Waals surface area contributed by atoms with E-state index in [4.69, 9.17) is 0 Å². The molecule has 2 fully saturated rings. The molecule has 1 atom stereocenters. The van der Waals surface area contributed by atoms with Gasteiger partial charge in [-0.05, 0) is 37.2 Å². The van der Waals surface area contributed by atoms with Crippen molar-refractivity contribution in [1.29, 1.82) is 0 Å². The molecular formula is C14H19NO. The van der Waals surface area contributed by atoms with Gasteiger partial charge in [0.1, 0.15) is 5.60 Å². The topological polar surface area (TPSA) is 32.3 Å². The Morgan fingerprint density at radius 3 is 2.38 bits per heavy atom. The van der Waals surface area contributed by atoms with Crippen molar-refractivity contribution in [3.63, 3.8) is 0 Å². The maximum Gasteiger partial charge on any atom is 0.105 e. The Labute approximate surface area is 96.7 Å². The standard InChI is InChI=1S/C14H19NO/c16-14(12-6-7-12,10-15-13-8-9-13)11-4-2-1-3-5-11/h1-5,12-13,15-16H,6-10H2. The van der Waals surface area contributed by atoms with E-state index in [2.05, 4.69) is 5.32 Å². The third kappa shape index (κ3) is 2.00. The highest BCUT2D eigenvalue weighted by molar-refractivity contribution is 5.25. The van der Waals surface area contributed by atoms with Gasteiger partial charge in [0.25, 0.3) is 0 Å². The zero-order valence-electron chi connectivity index (χ0n) is 9.52. The molecule has 0 spiro atoms. The van der Waals surface area contributed by atoms with E-state index in [1.54, 1.807) is 0 Å². The van der Waals surface area contributed by atoms with Crippen molar-refractivity contribution in [3.8, 4) is 0 Å². The Morgan fingerprint density at radius 2 is 1.81 bits per heavy atom. The van der Waals surface area contributed by atoms with E-state index in [1.165, 1.54) is 12.8 Å². The van der Waals surface area contributed by atoms with Crippen LogP contribution in [0, 0.1) is 5.92 Å². The number of rotatable bonds is 5. The van der Waals surface area contributed by atoms with E-state index in [-0.39, 0.29) is 0 Å². The molecule has 16 heavy (non-hydrogen) atoms. The molecule has 1 aromatic rings. The Hall–Kier alpha value is -0.860. The van der Waals surface area contributed by atoms with E-state index in [0.717, 1.165) is 18.4 Å². The third-order valence-electron chi connectivity index (χ3n) is 3.76. The Balaban J connectivity index is 1.77. The van der Waals surface area contributed by atoms with Gasteiger partial charge in [-0.1, -0.05) is 30.3 Å². The second-order valence-corrected chi connectivity index (χ2v) is 5.22. The van der Waals surface area contributed by atoms with Crippen LogP contribution < -0.4 is 5.32 Å². The van der Waals surface area contributed by atoms with Gasteiger partial charge in [0.05, 0.1) is 0 Å². The molecule has 2 aliphatic carbocycles. The second-order valence-electron chi connectivity index (χ2n) is 5.22. The summed E-state index contributed by atoms with van der Waals surface area (Å²) in [5.41, 5.74) is 0.440. The first-order chi connectivity index (χ1) is 7.79. The van der Waals surface area contributed by atoms with Crippen molar-refractivity contribution < 1.29 is 5.11 Å². The predicted molar refractivity (Wildman–Crippen MR) is 64.1 cm³/mol. The average molecular weight is 217 g/mol. The van der Waals surface area contributed by atoms with E-state index < -0.39 is 5.60 Å². The van der Waals surface area contributed by atoms with Crippen LogP contribution in [0.25, 0.3) is 0 Å². The lowest BCUT2D eigenvalue weighted by Gasteiger charge is -2.29. The van der Waals surface area contributed by atoms with Gasteiger partial charge >= 0.3 is 0 Å². The van der Waals surface area contributed by atoms with E-state index in [0.29, 0.717) is 18.5 Å². The van der Waals surface area contributed by atoms with Crippen LogP contribution in [-0.2, 0) is 5.60 Å². The van der Waals surface area contributed by atoms with E-state index in [1.807, 2.05) is 30.3 Å². The van der Waals surface area contributed by atoms with Crippen molar-refractivity contribution in [2.75, 3.05) is 6.54 Å². The van der Waals surface area contributed by atoms with Crippen LogP contribution in [0.1, 0.15) is 31.2 Å². The molecule has 86 valence electrons. The fraction of sp³-hybridized carbons (Fsp3) is 0.571. The van der Waals surface area contributed by atoms with Gasteiger partial charge in [0, 0.05) is 12.6 Å². The monoisotopic (exact) mass is 217 g/mol. The van der Waals surface area contributed by atoms with Gasteiger partial charge in [0.15, 0.2) is 0 Å². The summed E-state index contributed by atoms with van der Waals surface area (Å²) in [4.78, 5) is 0.